The molecule has 5 nitrogen and oxygen atoms in total. The van der Waals surface area contributed by atoms with Crippen LogP contribution in [0.15, 0.2) is 23.0 Å². The molecule has 0 aliphatic rings. The molecule has 1 aromatic carbocycles. The number of hydrogen-bond acceptors (Lipinski definition) is 3. The third-order valence-corrected chi connectivity index (χ3v) is 3.65. The molecule has 0 bridgehead atoms. The van der Waals surface area contributed by atoms with Gasteiger partial charge in [0.05, 0.1) is 0 Å². The quantitative estimate of drug-likeness (QED) is 0.886. The van der Waals surface area contributed by atoms with Gasteiger partial charge in [0.25, 0.3) is 5.56 Å². The van der Waals surface area contributed by atoms with E-state index in [2.05, 4.69) is 15.3 Å². The molecule has 2 aromatic rings. The van der Waals surface area contributed by atoms with Gasteiger partial charge in [-0.05, 0) is 44.4 Å². The van der Waals surface area contributed by atoms with Crippen LogP contribution in [0, 0.1) is 26.6 Å². The van der Waals surface area contributed by atoms with Crippen LogP contribution in [0.25, 0.3) is 0 Å². The van der Waals surface area contributed by atoms with Gasteiger partial charge in [0, 0.05) is 24.2 Å². The predicted octanol–water partition coefficient (Wildman–Crippen LogP) is 2.08. The van der Waals surface area contributed by atoms with Crippen LogP contribution in [0.4, 0.5) is 4.39 Å². The van der Waals surface area contributed by atoms with E-state index in [1.807, 2.05) is 0 Å². The average Bonchev–Trinajstić information content (AvgIpc) is 2.47. The zero-order chi connectivity index (χ0) is 17.0. The average molecular weight is 317 g/mol. The first kappa shape index (κ1) is 16.9. The molecule has 0 saturated carbocycles. The second-order valence-corrected chi connectivity index (χ2v) is 5.58. The topological polar surface area (TPSA) is 74.8 Å². The molecule has 0 fully saturated rings. The van der Waals surface area contributed by atoms with Crippen molar-refractivity contribution in [1.82, 2.24) is 15.3 Å². The molecule has 0 spiro atoms. The summed E-state index contributed by atoms with van der Waals surface area (Å²) in [6.45, 7) is 5.49. The lowest BCUT2D eigenvalue weighted by Gasteiger charge is -2.08. The number of aromatic nitrogens is 2. The second kappa shape index (κ2) is 7.17. The van der Waals surface area contributed by atoms with Crippen molar-refractivity contribution < 1.29 is 9.18 Å². The third-order valence-electron chi connectivity index (χ3n) is 3.65. The number of carbonyl (C=O) groups excluding carboxylic acids is 1. The highest BCUT2D eigenvalue weighted by Crippen LogP contribution is 2.09. The molecule has 122 valence electrons. The first-order valence-corrected chi connectivity index (χ1v) is 7.45. The van der Waals surface area contributed by atoms with Gasteiger partial charge in [-0.1, -0.05) is 12.1 Å². The van der Waals surface area contributed by atoms with Crippen molar-refractivity contribution in [2.75, 3.05) is 0 Å². The maximum absolute atomic E-state index is 13.2. The summed E-state index contributed by atoms with van der Waals surface area (Å²) in [4.78, 5) is 30.6. The van der Waals surface area contributed by atoms with E-state index in [1.54, 1.807) is 32.9 Å². The van der Waals surface area contributed by atoms with Gasteiger partial charge in [0.15, 0.2) is 0 Å². The molecule has 1 amide bonds. The monoisotopic (exact) mass is 317 g/mol. The number of nitrogens with one attached hydrogen (secondary N) is 2. The van der Waals surface area contributed by atoms with Crippen LogP contribution in [0.3, 0.4) is 0 Å². The normalized spacial score (nSPS) is 10.6. The molecular weight excluding hydrogens is 297 g/mol. The summed E-state index contributed by atoms with van der Waals surface area (Å²) in [6.07, 6.45) is 0.539. The Morgan fingerprint density at radius 3 is 2.70 bits per heavy atom. The number of aryl methyl sites for hydroxylation is 3. The Hall–Kier alpha value is -2.50. The minimum atomic E-state index is -0.262. The van der Waals surface area contributed by atoms with E-state index < -0.39 is 0 Å². The van der Waals surface area contributed by atoms with E-state index in [9.17, 15) is 14.0 Å². The Labute approximate surface area is 134 Å². The van der Waals surface area contributed by atoms with Crippen LogP contribution < -0.4 is 10.9 Å². The fourth-order valence-electron chi connectivity index (χ4n) is 2.39. The summed E-state index contributed by atoms with van der Waals surface area (Å²) in [5, 5.41) is 2.77. The van der Waals surface area contributed by atoms with Crippen molar-refractivity contribution in [2.45, 2.75) is 40.2 Å². The number of carbonyl (C=O) groups is 1. The Bertz CT molecular complexity index is 784. The summed E-state index contributed by atoms with van der Waals surface area (Å²) < 4.78 is 13.2. The van der Waals surface area contributed by atoms with Crippen molar-refractivity contribution in [3.8, 4) is 0 Å². The maximum Gasteiger partial charge on any atom is 0.254 e. The Morgan fingerprint density at radius 1 is 1.30 bits per heavy atom. The molecule has 2 rings (SSSR count). The molecule has 0 aliphatic heterocycles. The number of amides is 1. The minimum Gasteiger partial charge on any atom is -0.352 e. The molecule has 23 heavy (non-hydrogen) atoms. The molecule has 0 radical (unpaired) electrons. The Morgan fingerprint density at radius 2 is 2.04 bits per heavy atom. The first-order chi connectivity index (χ1) is 10.9. The number of halogens is 1. The van der Waals surface area contributed by atoms with E-state index in [0.717, 1.165) is 5.56 Å². The molecule has 0 aliphatic carbocycles. The van der Waals surface area contributed by atoms with Crippen LogP contribution in [0.5, 0.6) is 0 Å². The van der Waals surface area contributed by atoms with Crippen LogP contribution >= 0.6 is 0 Å². The highest BCUT2D eigenvalue weighted by molar-refractivity contribution is 5.76. The zero-order valence-electron chi connectivity index (χ0n) is 13.5. The van der Waals surface area contributed by atoms with Crippen LogP contribution in [-0.4, -0.2) is 15.9 Å². The second-order valence-electron chi connectivity index (χ2n) is 5.58. The van der Waals surface area contributed by atoms with E-state index in [0.29, 0.717) is 35.6 Å². The number of hydrogen-bond donors (Lipinski definition) is 2. The van der Waals surface area contributed by atoms with Crippen molar-refractivity contribution in [2.24, 2.45) is 0 Å². The fraction of sp³-hybridized carbons (Fsp3) is 0.353. The molecule has 6 heteroatoms. The van der Waals surface area contributed by atoms with Gasteiger partial charge in [-0.2, -0.15) is 0 Å². The van der Waals surface area contributed by atoms with Crippen molar-refractivity contribution in [3.05, 3.63) is 62.6 Å². The van der Waals surface area contributed by atoms with Gasteiger partial charge in [0.1, 0.15) is 11.6 Å². The number of H-pyrrole nitrogens is 1. The lowest BCUT2D eigenvalue weighted by Crippen LogP contribution is -2.25. The smallest absolute Gasteiger partial charge is 0.254 e. The lowest BCUT2D eigenvalue weighted by atomic mass is 10.1. The molecule has 0 unspecified atom stereocenters. The lowest BCUT2D eigenvalue weighted by molar-refractivity contribution is -0.121. The van der Waals surface area contributed by atoms with Gasteiger partial charge >= 0.3 is 0 Å². The molecule has 0 saturated heterocycles. The van der Waals surface area contributed by atoms with Crippen molar-refractivity contribution in [3.63, 3.8) is 0 Å². The number of rotatable bonds is 5. The van der Waals surface area contributed by atoms with Gasteiger partial charge in [-0.3, -0.25) is 9.59 Å². The Balaban J connectivity index is 1.91. The van der Waals surface area contributed by atoms with Gasteiger partial charge in [0.2, 0.25) is 5.91 Å². The summed E-state index contributed by atoms with van der Waals surface area (Å²) in [7, 11) is 0. The predicted molar refractivity (Wildman–Crippen MR) is 85.6 cm³/mol. The van der Waals surface area contributed by atoms with Gasteiger partial charge < -0.3 is 10.3 Å². The SMILES string of the molecule is Cc1nc(C)c(CCC(=O)NCc2ccc(F)c(C)c2)c(=O)[nH]1. The summed E-state index contributed by atoms with van der Waals surface area (Å²) in [5.74, 6) is 0.139. The highest BCUT2D eigenvalue weighted by Gasteiger charge is 2.09. The van der Waals surface area contributed by atoms with E-state index >= 15 is 0 Å². The summed E-state index contributed by atoms with van der Waals surface area (Å²) in [5.41, 5.74) is 2.36. The van der Waals surface area contributed by atoms with Gasteiger partial charge in [-0.25, -0.2) is 9.37 Å². The van der Waals surface area contributed by atoms with E-state index in [4.69, 9.17) is 0 Å². The fourth-order valence-corrected chi connectivity index (χ4v) is 2.39. The van der Waals surface area contributed by atoms with Crippen LogP contribution in [0.2, 0.25) is 0 Å². The molecule has 0 atom stereocenters. The number of benzene rings is 1. The minimum absolute atomic E-state index is 0.161. The summed E-state index contributed by atoms with van der Waals surface area (Å²) in [6, 6.07) is 4.73. The molecule has 2 N–H and O–H groups in total. The zero-order valence-corrected chi connectivity index (χ0v) is 13.5. The maximum atomic E-state index is 13.2. The highest BCUT2D eigenvalue weighted by atomic mass is 19.1. The van der Waals surface area contributed by atoms with Crippen molar-refractivity contribution in [1.29, 1.82) is 0 Å². The number of aromatic amines is 1. The standard InChI is InChI=1S/C17H20FN3O2/c1-10-8-13(4-6-15(10)18)9-19-16(22)7-5-14-11(2)20-12(3)21-17(14)23/h4,6,8H,5,7,9H2,1-3H3,(H,19,22)(H,20,21,23). The third kappa shape index (κ3) is 4.48. The van der Waals surface area contributed by atoms with Gasteiger partial charge in [-0.15, -0.1) is 0 Å². The Kier molecular flexibility index (Phi) is 5.26. The molecule has 1 heterocycles. The van der Waals surface area contributed by atoms with Crippen LogP contribution in [-0.2, 0) is 17.8 Å². The van der Waals surface area contributed by atoms with Crippen LogP contribution in [0.1, 0.15) is 34.6 Å². The first-order valence-electron chi connectivity index (χ1n) is 7.45. The molecule has 1 aromatic heterocycles. The van der Waals surface area contributed by atoms with Crippen molar-refractivity contribution >= 4 is 5.91 Å². The number of nitrogens with zero attached hydrogens (tertiary/aromatic N) is 1. The largest absolute Gasteiger partial charge is 0.352 e. The molecular formula is C17H20FN3O2. The van der Waals surface area contributed by atoms with E-state index in [1.165, 1.54) is 6.07 Å². The van der Waals surface area contributed by atoms with E-state index in [-0.39, 0.29) is 23.7 Å². The summed E-state index contributed by atoms with van der Waals surface area (Å²) >= 11 is 0.